The lowest BCUT2D eigenvalue weighted by molar-refractivity contribution is -0.118. The maximum Gasteiger partial charge on any atom is 0.227 e. The van der Waals surface area contributed by atoms with Crippen LogP contribution in [0, 0.1) is 0 Å². The maximum atomic E-state index is 12.2. The standard InChI is InChI=1S/C17H23Br2NO2/c18-9-1-3-11-20-16-13-15(22-12-4-2-10-19)7-5-14(16)6-8-17(20)21/h5,7,13H,1-4,6,8-12H2. The van der Waals surface area contributed by atoms with Crippen molar-refractivity contribution in [3.05, 3.63) is 23.8 Å². The van der Waals surface area contributed by atoms with Gasteiger partial charge in [0, 0.05) is 29.7 Å². The number of halogens is 2. The molecule has 1 aliphatic rings. The van der Waals surface area contributed by atoms with Crippen LogP contribution in [-0.2, 0) is 11.2 Å². The van der Waals surface area contributed by atoms with E-state index in [1.807, 2.05) is 17.0 Å². The molecule has 0 N–H and O–H groups in total. The average Bonchev–Trinajstić information content (AvgIpc) is 2.54. The first-order valence-electron chi connectivity index (χ1n) is 7.94. The van der Waals surface area contributed by atoms with Crippen LogP contribution in [0.1, 0.15) is 37.7 Å². The lowest BCUT2D eigenvalue weighted by atomic mass is 10.0. The number of nitrogens with zero attached hydrogens (tertiary/aromatic N) is 1. The third-order valence-corrected chi connectivity index (χ3v) is 4.94. The second kappa shape index (κ2) is 9.56. The fraction of sp³-hybridized carbons (Fsp3) is 0.588. The Morgan fingerprint density at radius 3 is 2.59 bits per heavy atom. The average molecular weight is 433 g/mol. The highest BCUT2D eigenvalue weighted by Crippen LogP contribution is 2.32. The van der Waals surface area contributed by atoms with Gasteiger partial charge in [-0.1, -0.05) is 37.9 Å². The van der Waals surface area contributed by atoms with E-state index in [-0.39, 0.29) is 5.91 Å². The van der Waals surface area contributed by atoms with Crippen LogP contribution < -0.4 is 9.64 Å². The summed E-state index contributed by atoms with van der Waals surface area (Å²) >= 11 is 6.87. The molecule has 0 aromatic heterocycles. The molecule has 22 heavy (non-hydrogen) atoms. The molecule has 1 aliphatic heterocycles. The van der Waals surface area contributed by atoms with Crippen molar-refractivity contribution in [2.75, 3.05) is 28.7 Å². The second-order valence-electron chi connectivity index (χ2n) is 5.48. The highest BCUT2D eigenvalue weighted by molar-refractivity contribution is 9.09. The van der Waals surface area contributed by atoms with Crippen LogP contribution in [-0.4, -0.2) is 29.7 Å². The van der Waals surface area contributed by atoms with Crippen molar-refractivity contribution in [2.45, 2.75) is 38.5 Å². The zero-order chi connectivity index (χ0) is 15.8. The van der Waals surface area contributed by atoms with Gasteiger partial charge in [0.05, 0.1) is 12.3 Å². The predicted octanol–water partition coefficient (Wildman–Crippen LogP) is 4.69. The van der Waals surface area contributed by atoms with Crippen LogP contribution in [0.25, 0.3) is 0 Å². The monoisotopic (exact) mass is 431 g/mol. The van der Waals surface area contributed by atoms with Crippen molar-refractivity contribution >= 4 is 43.5 Å². The fourth-order valence-corrected chi connectivity index (χ4v) is 3.40. The molecule has 122 valence electrons. The van der Waals surface area contributed by atoms with Crippen LogP contribution in [0.15, 0.2) is 18.2 Å². The van der Waals surface area contributed by atoms with E-state index in [0.29, 0.717) is 6.42 Å². The van der Waals surface area contributed by atoms with Crippen LogP contribution in [0.3, 0.4) is 0 Å². The molecule has 0 spiro atoms. The van der Waals surface area contributed by atoms with Crippen molar-refractivity contribution < 1.29 is 9.53 Å². The minimum Gasteiger partial charge on any atom is -0.494 e. The lowest BCUT2D eigenvalue weighted by Gasteiger charge is -2.30. The quantitative estimate of drug-likeness (QED) is 0.418. The summed E-state index contributed by atoms with van der Waals surface area (Å²) in [6.07, 6.45) is 5.71. The number of aryl methyl sites for hydroxylation is 1. The Labute approximate surface area is 149 Å². The summed E-state index contributed by atoms with van der Waals surface area (Å²) in [7, 11) is 0. The van der Waals surface area contributed by atoms with Gasteiger partial charge in [0.25, 0.3) is 0 Å². The first-order valence-corrected chi connectivity index (χ1v) is 10.2. The Hall–Kier alpha value is -0.550. The summed E-state index contributed by atoms with van der Waals surface area (Å²) in [6, 6.07) is 6.17. The summed E-state index contributed by atoms with van der Waals surface area (Å²) in [5.41, 5.74) is 2.30. The number of alkyl halides is 2. The molecule has 0 aliphatic carbocycles. The van der Waals surface area contributed by atoms with E-state index in [0.717, 1.165) is 67.4 Å². The highest BCUT2D eigenvalue weighted by atomic mass is 79.9. The molecule has 1 heterocycles. The first-order chi connectivity index (χ1) is 10.8. The molecular weight excluding hydrogens is 410 g/mol. The second-order valence-corrected chi connectivity index (χ2v) is 7.06. The van der Waals surface area contributed by atoms with Gasteiger partial charge in [0.15, 0.2) is 0 Å². The molecule has 0 saturated carbocycles. The molecule has 0 unspecified atom stereocenters. The van der Waals surface area contributed by atoms with Gasteiger partial charge in [0.1, 0.15) is 5.75 Å². The van der Waals surface area contributed by atoms with Crippen molar-refractivity contribution in [3.63, 3.8) is 0 Å². The van der Waals surface area contributed by atoms with E-state index in [2.05, 4.69) is 37.9 Å². The number of carbonyl (C=O) groups is 1. The lowest BCUT2D eigenvalue weighted by Crippen LogP contribution is -2.35. The number of anilines is 1. The van der Waals surface area contributed by atoms with Gasteiger partial charge >= 0.3 is 0 Å². The smallest absolute Gasteiger partial charge is 0.227 e. The summed E-state index contributed by atoms with van der Waals surface area (Å²) in [5, 5.41) is 2.00. The van der Waals surface area contributed by atoms with Gasteiger partial charge < -0.3 is 9.64 Å². The van der Waals surface area contributed by atoms with E-state index in [1.165, 1.54) is 5.56 Å². The fourth-order valence-electron chi connectivity index (χ4n) is 2.60. The van der Waals surface area contributed by atoms with Crippen LogP contribution in [0.4, 0.5) is 5.69 Å². The molecule has 3 nitrogen and oxygen atoms in total. The zero-order valence-corrected chi connectivity index (χ0v) is 16.0. The predicted molar refractivity (Wildman–Crippen MR) is 98.7 cm³/mol. The maximum absolute atomic E-state index is 12.2. The van der Waals surface area contributed by atoms with Crippen molar-refractivity contribution in [1.29, 1.82) is 0 Å². The number of ether oxygens (including phenoxy) is 1. The van der Waals surface area contributed by atoms with E-state index >= 15 is 0 Å². The Kier molecular flexibility index (Phi) is 7.73. The highest BCUT2D eigenvalue weighted by Gasteiger charge is 2.24. The van der Waals surface area contributed by atoms with E-state index < -0.39 is 0 Å². The van der Waals surface area contributed by atoms with Crippen molar-refractivity contribution in [2.24, 2.45) is 0 Å². The summed E-state index contributed by atoms with van der Waals surface area (Å²) in [5.74, 6) is 1.10. The molecule has 5 heteroatoms. The minimum atomic E-state index is 0.235. The van der Waals surface area contributed by atoms with Gasteiger partial charge in [-0.25, -0.2) is 0 Å². The van der Waals surface area contributed by atoms with E-state index in [1.54, 1.807) is 0 Å². The number of amides is 1. The first kappa shape index (κ1) is 17.8. The van der Waals surface area contributed by atoms with E-state index in [4.69, 9.17) is 4.74 Å². The van der Waals surface area contributed by atoms with Crippen molar-refractivity contribution in [1.82, 2.24) is 0 Å². The molecule has 1 aromatic rings. The SMILES string of the molecule is O=C1CCc2ccc(OCCCCBr)cc2N1CCCCBr. The number of benzene rings is 1. The largest absolute Gasteiger partial charge is 0.494 e. The van der Waals surface area contributed by atoms with Gasteiger partial charge in [-0.3, -0.25) is 4.79 Å². The molecule has 2 rings (SSSR count). The van der Waals surface area contributed by atoms with Crippen LogP contribution in [0.5, 0.6) is 5.75 Å². The Bertz CT molecular complexity index is 494. The Morgan fingerprint density at radius 1 is 1.05 bits per heavy atom. The molecule has 1 amide bonds. The number of hydrogen-bond donors (Lipinski definition) is 0. The summed E-state index contributed by atoms with van der Waals surface area (Å²) in [4.78, 5) is 14.2. The van der Waals surface area contributed by atoms with Gasteiger partial charge in [-0.2, -0.15) is 0 Å². The zero-order valence-electron chi connectivity index (χ0n) is 12.8. The number of rotatable bonds is 9. The summed E-state index contributed by atoms with van der Waals surface area (Å²) < 4.78 is 5.82. The number of unbranched alkanes of at least 4 members (excludes halogenated alkanes) is 2. The summed E-state index contributed by atoms with van der Waals surface area (Å²) in [6.45, 7) is 1.52. The van der Waals surface area contributed by atoms with Crippen molar-refractivity contribution in [3.8, 4) is 5.75 Å². The third-order valence-electron chi connectivity index (χ3n) is 3.82. The van der Waals surface area contributed by atoms with Gasteiger partial charge in [0.2, 0.25) is 5.91 Å². The van der Waals surface area contributed by atoms with Gasteiger partial charge in [-0.05, 0) is 43.7 Å². The van der Waals surface area contributed by atoms with E-state index in [9.17, 15) is 4.79 Å². The number of fused-ring (bicyclic) bond motifs is 1. The topological polar surface area (TPSA) is 29.5 Å². The molecule has 1 aromatic carbocycles. The normalized spacial score (nSPS) is 14.1. The minimum absolute atomic E-state index is 0.235. The molecule has 0 fully saturated rings. The number of carbonyl (C=O) groups excluding carboxylic acids is 1. The van der Waals surface area contributed by atoms with Gasteiger partial charge in [-0.15, -0.1) is 0 Å². The number of hydrogen-bond acceptors (Lipinski definition) is 2. The third kappa shape index (κ3) is 4.98. The molecule has 0 bridgehead atoms. The van der Waals surface area contributed by atoms with Crippen LogP contribution in [0.2, 0.25) is 0 Å². The molecule has 0 saturated heterocycles. The Morgan fingerprint density at radius 2 is 1.82 bits per heavy atom. The molecule has 0 atom stereocenters. The molecule has 0 radical (unpaired) electrons. The molecular formula is C17H23Br2NO2. The Balaban J connectivity index is 2.04. The van der Waals surface area contributed by atoms with Crippen LogP contribution >= 0.6 is 31.9 Å².